The molecule has 4 atom stereocenters. The quantitative estimate of drug-likeness (QED) is 0.824. The number of hydrogen-bond donors (Lipinski definition) is 0. The number of ketones is 1. The number of carbonyl (C=O) groups excluding carboxylic acids is 2. The molecule has 2 aromatic rings. The zero-order chi connectivity index (χ0) is 18.0. The number of benzene rings is 2. The molecule has 0 spiro atoms. The van der Waals surface area contributed by atoms with E-state index in [-0.39, 0.29) is 35.6 Å². The summed E-state index contributed by atoms with van der Waals surface area (Å²) in [5.74, 6) is -0.113. The molecule has 3 heteroatoms. The summed E-state index contributed by atoms with van der Waals surface area (Å²) < 4.78 is 0. The van der Waals surface area contributed by atoms with Gasteiger partial charge in [0.2, 0.25) is 5.91 Å². The van der Waals surface area contributed by atoms with Crippen LogP contribution in [0.1, 0.15) is 50.4 Å². The number of likely N-dealkylation sites (tertiary alicyclic amines) is 1. The summed E-state index contributed by atoms with van der Waals surface area (Å²) >= 11 is 0. The number of carbonyl (C=O) groups is 2. The van der Waals surface area contributed by atoms with E-state index >= 15 is 0 Å². The second-order valence-electron chi connectivity index (χ2n) is 6.85. The highest BCUT2D eigenvalue weighted by Crippen LogP contribution is 2.46. The lowest BCUT2D eigenvalue weighted by Crippen LogP contribution is -2.51. The zero-order valence-corrected chi connectivity index (χ0v) is 15.1. The molecule has 3 nitrogen and oxygen atoms in total. The van der Waals surface area contributed by atoms with Crippen LogP contribution in [-0.2, 0) is 9.59 Å². The van der Waals surface area contributed by atoms with Gasteiger partial charge in [-0.2, -0.15) is 0 Å². The molecule has 2 aromatic carbocycles. The molecular weight excluding hydrogens is 310 g/mol. The number of piperidine rings is 1. The molecule has 1 heterocycles. The molecule has 1 aliphatic heterocycles. The van der Waals surface area contributed by atoms with Crippen LogP contribution in [0.5, 0.6) is 0 Å². The minimum absolute atomic E-state index is 0.0916. The second-order valence-corrected chi connectivity index (χ2v) is 6.85. The van der Waals surface area contributed by atoms with E-state index < -0.39 is 0 Å². The Morgan fingerprint density at radius 3 is 1.60 bits per heavy atom. The topological polar surface area (TPSA) is 37.4 Å². The molecule has 25 heavy (non-hydrogen) atoms. The SMILES string of the molecule is CCC(=O)N1C(c2ccccc2)C(C)C(=O)C(C)C1c1ccccc1. The van der Waals surface area contributed by atoms with Gasteiger partial charge in [0.25, 0.3) is 0 Å². The minimum atomic E-state index is -0.220. The normalized spacial score (nSPS) is 26.5. The first kappa shape index (κ1) is 17.4. The van der Waals surface area contributed by atoms with E-state index in [0.29, 0.717) is 6.42 Å². The average molecular weight is 335 g/mol. The third-order valence-electron chi connectivity index (χ3n) is 5.32. The molecule has 0 saturated carbocycles. The molecule has 130 valence electrons. The molecule has 1 aliphatic rings. The Hall–Kier alpha value is -2.42. The van der Waals surface area contributed by atoms with E-state index in [4.69, 9.17) is 0 Å². The van der Waals surface area contributed by atoms with Crippen molar-refractivity contribution >= 4 is 11.7 Å². The standard InChI is InChI=1S/C22H25NO2/c1-4-19(24)23-20(17-11-7-5-8-12-17)15(2)22(25)16(3)21(23)18-13-9-6-10-14-18/h5-16,20-21H,4H2,1-3H3. The lowest BCUT2D eigenvalue weighted by molar-refractivity contribution is -0.151. The van der Waals surface area contributed by atoms with Crippen molar-refractivity contribution in [3.8, 4) is 0 Å². The molecule has 1 amide bonds. The maximum atomic E-state index is 13.0. The molecule has 0 bridgehead atoms. The van der Waals surface area contributed by atoms with E-state index in [9.17, 15) is 9.59 Å². The van der Waals surface area contributed by atoms with Crippen molar-refractivity contribution < 1.29 is 9.59 Å². The number of nitrogens with zero attached hydrogens (tertiary/aromatic N) is 1. The van der Waals surface area contributed by atoms with Gasteiger partial charge in [0, 0.05) is 18.3 Å². The van der Waals surface area contributed by atoms with Crippen molar-refractivity contribution in [3.05, 3.63) is 71.8 Å². The third kappa shape index (κ3) is 3.11. The number of hydrogen-bond acceptors (Lipinski definition) is 2. The summed E-state index contributed by atoms with van der Waals surface area (Å²) in [5, 5.41) is 0. The Balaban J connectivity index is 2.15. The Kier molecular flexibility index (Phi) is 5.03. The fourth-order valence-electron chi connectivity index (χ4n) is 4.07. The first-order valence-corrected chi connectivity index (χ1v) is 9.01. The predicted octanol–water partition coefficient (Wildman–Crippen LogP) is 4.56. The van der Waals surface area contributed by atoms with Gasteiger partial charge in [0.15, 0.2) is 0 Å². The molecule has 3 rings (SSSR count). The monoisotopic (exact) mass is 335 g/mol. The number of rotatable bonds is 3. The predicted molar refractivity (Wildman–Crippen MR) is 98.8 cm³/mol. The van der Waals surface area contributed by atoms with Gasteiger partial charge in [-0.05, 0) is 11.1 Å². The maximum absolute atomic E-state index is 13.0. The number of Topliss-reactive ketones (excluding diaryl/α,β-unsaturated/α-hetero) is 1. The van der Waals surface area contributed by atoms with E-state index in [0.717, 1.165) is 11.1 Å². The fourth-order valence-corrected chi connectivity index (χ4v) is 4.07. The average Bonchev–Trinajstić information content (AvgIpc) is 2.66. The van der Waals surface area contributed by atoms with Crippen LogP contribution in [0.2, 0.25) is 0 Å². The molecule has 4 unspecified atom stereocenters. The molecule has 0 aliphatic carbocycles. The molecule has 0 aromatic heterocycles. The van der Waals surface area contributed by atoms with Gasteiger partial charge in [-0.15, -0.1) is 0 Å². The van der Waals surface area contributed by atoms with Crippen LogP contribution in [0.3, 0.4) is 0 Å². The lowest BCUT2D eigenvalue weighted by Gasteiger charge is -2.48. The van der Waals surface area contributed by atoms with Crippen molar-refractivity contribution in [1.82, 2.24) is 4.90 Å². The summed E-state index contributed by atoms with van der Waals surface area (Å²) in [5.41, 5.74) is 2.05. The van der Waals surface area contributed by atoms with Gasteiger partial charge < -0.3 is 4.90 Å². The maximum Gasteiger partial charge on any atom is 0.223 e. The summed E-state index contributed by atoms with van der Waals surface area (Å²) in [6, 6.07) is 19.4. The Morgan fingerprint density at radius 1 is 0.840 bits per heavy atom. The molecule has 0 N–H and O–H groups in total. The Labute approximate surface area is 149 Å². The summed E-state index contributed by atoms with van der Waals surface area (Å²) in [6.07, 6.45) is 0.431. The van der Waals surface area contributed by atoms with Crippen LogP contribution < -0.4 is 0 Å². The van der Waals surface area contributed by atoms with Crippen molar-refractivity contribution in [2.24, 2.45) is 11.8 Å². The molecular formula is C22H25NO2. The smallest absolute Gasteiger partial charge is 0.223 e. The number of amides is 1. The van der Waals surface area contributed by atoms with Crippen LogP contribution in [0.15, 0.2) is 60.7 Å². The lowest BCUT2D eigenvalue weighted by atomic mass is 9.74. The van der Waals surface area contributed by atoms with E-state index in [1.165, 1.54) is 0 Å². The highest BCUT2D eigenvalue weighted by molar-refractivity contribution is 5.88. The van der Waals surface area contributed by atoms with Crippen molar-refractivity contribution in [2.45, 2.75) is 39.3 Å². The Bertz CT molecular complexity index is 686. The van der Waals surface area contributed by atoms with Gasteiger partial charge in [0.1, 0.15) is 5.78 Å². The van der Waals surface area contributed by atoms with Crippen molar-refractivity contribution in [3.63, 3.8) is 0 Å². The van der Waals surface area contributed by atoms with Crippen molar-refractivity contribution in [1.29, 1.82) is 0 Å². The first-order chi connectivity index (χ1) is 12.1. The van der Waals surface area contributed by atoms with Crippen LogP contribution in [-0.4, -0.2) is 16.6 Å². The van der Waals surface area contributed by atoms with Gasteiger partial charge in [-0.3, -0.25) is 9.59 Å². The molecule has 1 fully saturated rings. The highest BCUT2D eigenvalue weighted by atomic mass is 16.2. The summed E-state index contributed by atoms with van der Waals surface area (Å²) in [7, 11) is 0. The van der Waals surface area contributed by atoms with Crippen LogP contribution >= 0.6 is 0 Å². The first-order valence-electron chi connectivity index (χ1n) is 9.01. The van der Waals surface area contributed by atoms with Gasteiger partial charge in [0.05, 0.1) is 12.1 Å². The van der Waals surface area contributed by atoms with E-state index in [1.54, 1.807) is 0 Å². The van der Waals surface area contributed by atoms with Gasteiger partial charge in [-0.25, -0.2) is 0 Å². The van der Waals surface area contributed by atoms with E-state index in [2.05, 4.69) is 0 Å². The van der Waals surface area contributed by atoms with Gasteiger partial charge in [-0.1, -0.05) is 81.4 Å². The van der Waals surface area contributed by atoms with Crippen molar-refractivity contribution in [2.75, 3.05) is 0 Å². The van der Waals surface area contributed by atoms with Crippen LogP contribution in [0.25, 0.3) is 0 Å². The second kappa shape index (κ2) is 7.22. The summed E-state index contributed by atoms with van der Waals surface area (Å²) in [6.45, 7) is 5.79. The summed E-state index contributed by atoms with van der Waals surface area (Å²) in [4.78, 5) is 27.9. The molecule has 1 saturated heterocycles. The van der Waals surface area contributed by atoms with Crippen LogP contribution in [0, 0.1) is 11.8 Å². The highest BCUT2D eigenvalue weighted by Gasteiger charge is 2.47. The van der Waals surface area contributed by atoms with E-state index in [1.807, 2.05) is 86.3 Å². The minimum Gasteiger partial charge on any atom is -0.327 e. The largest absolute Gasteiger partial charge is 0.327 e. The fraction of sp³-hybridized carbons (Fsp3) is 0.364. The van der Waals surface area contributed by atoms with Gasteiger partial charge >= 0.3 is 0 Å². The third-order valence-corrected chi connectivity index (χ3v) is 5.32. The van der Waals surface area contributed by atoms with Crippen LogP contribution in [0.4, 0.5) is 0 Å². The zero-order valence-electron chi connectivity index (χ0n) is 15.1. The molecule has 0 radical (unpaired) electrons. The Morgan fingerprint density at radius 2 is 1.24 bits per heavy atom.